The molecule has 31 heavy (non-hydrogen) atoms. The SMILES string of the molecule is CC(=O)CC1=C(C)C=C2CC(C)C(=O)C(C)C2C1C=C(C)C(O)C(C)(O)C=CC(=O)O. The third-order valence-electron chi connectivity index (χ3n) is 6.57. The minimum Gasteiger partial charge on any atom is -0.478 e. The van der Waals surface area contributed by atoms with E-state index in [1.54, 1.807) is 6.92 Å². The van der Waals surface area contributed by atoms with Crippen LogP contribution in [0.1, 0.15) is 54.4 Å². The van der Waals surface area contributed by atoms with Gasteiger partial charge in [0.15, 0.2) is 0 Å². The number of aliphatic hydroxyl groups is 2. The van der Waals surface area contributed by atoms with E-state index < -0.39 is 17.7 Å². The van der Waals surface area contributed by atoms with Gasteiger partial charge >= 0.3 is 5.97 Å². The molecular formula is C25H34O6. The second-order valence-electron chi connectivity index (χ2n) is 9.36. The maximum absolute atomic E-state index is 12.8. The summed E-state index contributed by atoms with van der Waals surface area (Å²) in [7, 11) is 0. The summed E-state index contributed by atoms with van der Waals surface area (Å²) in [5.41, 5.74) is 1.76. The van der Waals surface area contributed by atoms with E-state index in [4.69, 9.17) is 5.11 Å². The Kier molecular flexibility index (Phi) is 7.61. The second-order valence-corrected chi connectivity index (χ2v) is 9.36. The fourth-order valence-electron chi connectivity index (χ4n) is 4.98. The molecule has 6 unspecified atom stereocenters. The topological polar surface area (TPSA) is 112 Å². The van der Waals surface area contributed by atoms with Gasteiger partial charge < -0.3 is 15.3 Å². The fraction of sp³-hybridized carbons (Fsp3) is 0.560. The maximum atomic E-state index is 12.8. The largest absolute Gasteiger partial charge is 0.478 e. The van der Waals surface area contributed by atoms with Gasteiger partial charge in [0, 0.05) is 30.3 Å². The molecule has 6 atom stereocenters. The lowest BCUT2D eigenvalue weighted by molar-refractivity contribution is -0.131. The van der Waals surface area contributed by atoms with Crippen molar-refractivity contribution >= 4 is 17.5 Å². The van der Waals surface area contributed by atoms with E-state index in [2.05, 4.69) is 6.08 Å². The summed E-state index contributed by atoms with van der Waals surface area (Å²) >= 11 is 0. The molecule has 2 aliphatic carbocycles. The number of carboxylic acids is 1. The summed E-state index contributed by atoms with van der Waals surface area (Å²) in [5.74, 6) is -1.67. The lowest BCUT2D eigenvalue weighted by Crippen LogP contribution is -2.41. The highest BCUT2D eigenvalue weighted by Crippen LogP contribution is 2.48. The molecule has 0 radical (unpaired) electrons. The van der Waals surface area contributed by atoms with Crippen LogP contribution in [0.5, 0.6) is 0 Å². The van der Waals surface area contributed by atoms with Gasteiger partial charge in [-0.15, -0.1) is 0 Å². The van der Waals surface area contributed by atoms with Crippen LogP contribution >= 0.6 is 0 Å². The average molecular weight is 431 g/mol. The molecule has 0 aliphatic heterocycles. The van der Waals surface area contributed by atoms with Crippen molar-refractivity contribution in [3.8, 4) is 0 Å². The zero-order valence-electron chi connectivity index (χ0n) is 19.2. The molecule has 170 valence electrons. The van der Waals surface area contributed by atoms with Crippen LogP contribution in [-0.2, 0) is 14.4 Å². The van der Waals surface area contributed by atoms with Crippen molar-refractivity contribution in [1.29, 1.82) is 0 Å². The number of fused-ring (bicyclic) bond motifs is 1. The number of hydrogen-bond acceptors (Lipinski definition) is 5. The number of aliphatic hydroxyl groups excluding tert-OH is 1. The Morgan fingerprint density at radius 3 is 2.45 bits per heavy atom. The van der Waals surface area contributed by atoms with Crippen LogP contribution < -0.4 is 0 Å². The highest BCUT2D eigenvalue weighted by atomic mass is 16.4. The zero-order chi connectivity index (χ0) is 23.7. The van der Waals surface area contributed by atoms with Crippen LogP contribution in [0.15, 0.2) is 46.6 Å². The number of carboxylic acid groups (broad SMARTS) is 1. The Labute approximate surface area is 184 Å². The first kappa shape index (κ1) is 25.0. The number of Topliss-reactive ketones (excluding diaryl/α,β-unsaturated/α-hetero) is 2. The van der Waals surface area contributed by atoms with E-state index in [1.807, 2.05) is 26.8 Å². The quantitative estimate of drug-likeness (QED) is 0.422. The standard InChI is InChI=1S/C25H34O6/c1-13-9-18-10-14(2)23(29)17(5)22(18)20(19(13)12-16(4)26)11-15(3)24(30)25(6,31)8-7-21(27)28/h7-9,11,14,17,20,22,24,30-31H,10,12H2,1-6H3,(H,27,28). The minimum atomic E-state index is -1.78. The summed E-state index contributed by atoms with van der Waals surface area (Å²) in [4.78, 5) is 35.6. The van der Waals surface area contributed by atoms with Crippen molar-refractivity contribution in [2.24, 2.45) is 23.7 Å². The molecule has 0 heterocycles. The van der Waals surface area contributed by atoms with Gasteiger partial charge in [-0.3, -0.25) is 9.59 Å². The molecule has 3 N–H and O–H groups in total. The molecule has 0 saturated heterocycles. The summed E-state index contributed by atoms with van der Waals surface area (Å²) in [6.45, 7) is 10.4. The number of allylic oxidation sites excluding steroid dienone is 5. The number of aliphatic carboxylic acids is 1. The van der Waals surface area contributed by atoms with Crippen molar-refractivity contribution in [1.82, 2.24) is 0 Å². The Morgan fingerprint density at radius 2 is 1.90 bits per heavy atom. The number of carbonyl (C=O) groups excluding carboxylic acids is 2. The number of rotatable bonds is 7. The monoisotopic (exact) mass is 430 g/mol. The van der Waals surface area contributed by atoms with Crippen LogP contribution in [-0.4, -0.2) is 44.6 Å². The summed E-state index contributed by atoms with van der Waals surface area (Å²) < 4.78 is 0. The van der Waals surface area contributed by atoms with Crippen molar-refractivity contribution in [3.05, 3.63) is 46.6 Å². The molecule has 2 rings (SSSR count). The third-order valence-corrected chi connectivity index (χ3v) is 6.57. The smallest absolute Gasteiger partial charge is 0.328 e. The summed E-state index contributed by atoms with van der Waals surface area (Å²) in [6, 6.07) is 0. The van der Waals surface area contributed by atoms with Gasteiger partial charge in [0.2, 0.25) is 0 Å². The van der Waals surface area contributed by atoms with E-state index in [0.717, 1.165) is 23.3 Å². The van der Waals surface area contributed by atoms with Crippen LogP contribution in [0.4, 0.5) is 0 Å². The van der Waals surface area contributed by atoms with Crippen LogP contribution in [0.3, 0.4) is 0 Å². The predicted molar refractivity (Wildman–Crippen MR) is 118 cm³/mol. The molecule has 0 spiro atoms. The third kappa shape index (κ3) is 5.49. The molecule has 0 aromatic heterocycles. The van der Waals surface area contributed by atoms with Crippen molar-refractivity contribution < 1.29 is 29.7 Å². The maximum Gasteiger partial charge on any atom is 0.328 e. The highest BCUT2D eigenvalue weighted by Gasteiger charge is 2.43. The molecule has 6 heteroatoms. The first-order chi connectivity index (χ1) is 14.3. The summed E-state index contributed by atoms with van der Waals surface area (Å²) in [6.07, 6.45) is 5.37. The van der Waals surface area contributed by atoms with Gasteiger partial charge in [0.25, 0.3) is 0 Å². The van der Waals surface area contributed by atoms with Crippen LogP contribution in [0.25, 0.3) is 0 Å². The molecule has 2 aliphatic rings. The van der Waals surface area contributed by atoms with Crippen molar-refractivity contribution in [2.75, 3.05) is 0 Å². The van der Waals surface area contributed by atoms with E-state index >= 15 is 0 Å². The average Bonchev–Trinajstić information content (AvgIpc) is 2.66. The van der Waals surface area contributed by atoms with E-state index in [9.17, 15) is 24.6 Å². The Bertz CT molecular complexity index is 886. The van der Waals surface area contributed by atoms with Gasteiger partial charge in [-0.1, -0.05) is 42.7 Å². The van der Waals surface area contributed by atoms with Gasteiger partial charge in [0.05, 0.1) is 0 Å². The Balaban J connectivity index is 2.52. The molecule has 6 nitrogen and oxygen atoms in total. The van der Waals surface area contributed by atoms with Crippen molar-refractivity contribution in [2.45, 2.75) is 66.1 Å². The Hall–Kier alpha value is -2.31. The fourth-order valence-corrected chi connectivity index (χ4v) is 4.98. The van der Waals surface area contributed by atoms with Gasteiger partial charge in [0.1, 0.15) is 23.3 Å². The molecule has 0 bridgehead atoms. The number of ketones is 2. The lowest BCUT2D eigenvalue weighted by atomic mass is 9.61. The summed E-state index contributed by atoms with van der Waals surface area (Å²) in [5, 5.41) is 30.2. The highest BCUT2D eigenvalue weighted by molar-refractivity contribution is 5.86. The van der Waals surface area contributed by atoms with Crippen LogP contribution in [0.2, 0.25) is 0 Å². The minimum absolute atomic E-state index is 0.0161. The molecule has 1 fully saturated rings. The second kappa shape index (κ2) is 9.45. The first-order valence-corrected chi connectivity index (χ1v) is 10.7. The normalized spacial score (nSPS) is 30.0. The molecule has 0 amide bonds. The first-order valence-electron chi connectivity index (χ1n) is 10.7. The van der Waals surface area contributed by atoms with Crippen LogP contribution in [0, 0.1) is 23.7 Å². The number of carbonyl (C=O) groups is 3. The van der Waals surface area contributed by atoms with Gasteiger partial charge in [-0.05, 0) is 51.7 Å². The Morgan fingerprint density at radius 1 is 1.29 bits per heavy atom. The van der Waals surface area contributed by atoms with Crippen molar-refractivity contribution in [3.63, 3.8) is 0 Å². The van der Waals surface area contributed by atoms with E-state index in [0.29, 0.717) is 12.0 Å². The van der Waals surface area contributed by atoms with Gasteiger partial charge in [-0.25, -0.2) is 4.79 Å². The molecule has 0 aromatic rings. The van der Waals surface area contributed by atoms with E-state index in [1.165, 1.54) is 19.4 Å². The molecule has 0 aromatic carbocycles. The number of hydrogen-bond donors (Lipinski definition) is 3. The molecular weight excluding hydrogens is 396 g/mol. The van der Waals surface area contributed by atoms with Gasteiger partial charge in [-0.2, -0.15) is 0 Å². The molecule has 1 saturated carbocycles. The predicted octanol–water partition coefficient (Wildman–Crippen LogP) is 3.40. The van der Waals surface area contributed by atoms with E-state index in [-0.39, 0.29) is 41.7 Å². The lowest BCUT2D eigenvalue weighted by Gasteiger charge is -2.42. The zero-order valence-corrected chi connectivity index (χ0v) is 19.2.